The fraction of sp³-hybridized carbons (Fsp3) is 0.250. The van der Waals surface area contributed by atoms with Gasteiger partial charge in [0.05, 0.1) is 0 Å². The van der Waals surface area contributed by atoms with Gasteiger partial charge in [0.2, 0.25) is 0 Å². The standard InChI is InChI=1S/C12H13NO2/c1-9(14)15-8-10-3-4-11-5-6-13(2)12(11)7-10/h3-7H,8H2,1-2H3. The van der Waals surface area contributed by atoms with E-state index in [0.29, 0.717) is 6.61 Å². The fourth-order valence-electron chi connectivity index (χ4n) is 1.58. The van der Waals surface area contributed by atoms with E-state index in [-0.39, 0.29) is 5.97 Å². The van der Waals surface area contributed by atoms with Crippen LogP contribution in [0.4, 0.5) is 0 Å². The monoisotopic (exact) mass is 203 g/mol. The number of fused-ring (bicyclic) bond motifs is 1. The van der Waals surface area contributed by atoms with Crippen LogP contribution in [0.5, 0.6) is 0 Å². The molecule has 0 spiro atoms. The third-order valence-corrected chi connectivity index (χ3v) is 2.39. The van der Waals surface area contributed by atoms with Crippen molar-refractivity contribution in [1.82, 2.24) is 4.57 Å². The van der Waals surface area contributed by atoms with Gasteiger partial charge in [0, 0.05) is 25.7 Å². The lowest BCUT2D eigenvalue weighted by molar-refractivity contribution is -0.142. The molecule has 0 radical (unpaired) electrons. The van der Waals surface area contributed by atoms with Crippen molar-refractivity contribution in [2.45, 2.75) is 13.5 Å². The molecule has 0 atom stereocenters. The number of carbonyl (C=O) groups is 1. The highest BCUT2D eigenvalue weighted by molar-refractivity contribution is 5.80. The molecule has 78 valence electrons. The third-order valence-electron chi connectivity index (χ3n) is 2.39. The number of esters is 1. The van der Waals surface area contributed by atoms with Crippen molar-refractivity contribution < 1.29 is 9.53 Å². The van der Waals surface area contributed by atoms with Crippen molar-refractivity contribution in [1.29, 1.82) is 0 Å². The minimum absolute atomic E-state index is 0.248. The van der Waals surface area contributed by atoms with Crippen LogP contribution in [0.15, 0.2) is 30.5 Å². The molecule has 1 aromatic carbocycles. The summed E-state index contributed by atoms with van der Waals surface area (Å²) in [5.41, 5.74) is 2.17. The summed E-state index contributed by atoms with van der Waals surface area (Å²) in [7, 11) is 2.00. The van der Waals surface area contributed by atoms with Gasteiger partial charge in [-0.15, -0.1) is 0 Å². The Balaban J connectivity index is 2.29. The van der Waals surface area contributed by atoms with Crippen molar-refractivity contribution in [2.75, 3.05) is 0 Å². The van der Waals surface area contributed by atoms with Gasteiger partial charge >= 0.3 is 5.97 Å². The van der Waals surface area contributed by atoms with E-state index in [2.05, 4.69) is 6.07 Å². The molecule has 0 saturated carbocycles. The zero-order valence-electron chi connectivity index (χ0n) is 8.86. The van der Waals surface area contributed by atoms with Gasteiger partial charge in [-0.1, -0.05) is 12.1 Å². The van der Waals surface area contributed by atoms with Crippen molar-refractivity contribution in [3.05, 3.63) is 36.0 Å². The maximum Gasteiger partial charge on any atom is 0.302 e. The normalized spacial score (nSPS) is 10.5. The van der Waals surface area contributed by atoms with Crippen LogP contribution in [0.1, 0.15) is 12.5 Å². The van der Waals surface area contributed by atoms with Crippen molar-refractivity contribution in [3.8, 4) is 0 Å². The zero-order chi connectivity index (χ0) is 10.8. The topological polar surface area (TPSA) is 31.2 Å². The van der Waals surface area contributed by atoms with Crippen molar-refractivity contribution >= 4 is 16.9 Å². The summed E-state index contributed by atoms with van der Waals surface area (Å²) < 4.78 is 6.99. The quantitative estimate of drug-likeness (QED) is 0.701. The van der Waals surface area contributed by atoms with Crippen molar-refractivity contribution in [3.63, 3.8) is 0 Å². The minimum atomic E-state index is -0.248. The van der Waals surface area contributed by atoms with E-state index in [0.717, 1.165) is 11.1 Å². The number of benzene rings is 1. The van der Waals surface area contributed by atoms with Gasteiger partial charge in [0.25, 0.3) is 0 Å². The number of aromatic nitrogens is 1. The van der Waals surface area contributed by atoms with Gasteiger partial charge in [-0.25, -0.2) is 0 Å². The van der Waals surface area contributed by atoms with Gasteiger partial charge in [0.15, 0.2) is 0 Å². The van der Waals surface area contributed by atoms with Crippen LogP contribution in [-0.2, 0) is 23.2 Å². The average Bonchev–Trinajstić information content (AvgIpc) is 2.57. The van der Waals surface area contributed by atoms with Crippen LogP contribution >= 0.6 is 0 Å². The molecule has 0 fully saturated rings. The number of rotatable bonds is 2. The summed E-state index contributed by atoms with van der Waals surface area (Å²) >= 11 is 0. The number of hydrogen-bond donors (Lipinski definition) is 0. The molecule has 0 N–H and O–H groups in total. The Labute approximate surface area is 88.3 Å². The van der Waals surface area contributed by atoms with E-state index in [1.165, 1.54) is 12.3 Å². The summed E-state index contributed by atoms with van der Waals surface area (Å²) in [5.74, 6) is -0.248. The SMILES string of the molecule is CC(=O)OCc1ccc2ccn(C)c2c1. The lowest BCUT2D eigenvalue weighted by Gasteiger charge is -2.03. The maximum absolute atomic E-state index is 10.7. The second kappa shape index (κ2) is 3.77. The molecule has 1 aromatic heterocycles. The molecule has 0 amide bonds. The van der Waals surface area contributed by atoms with Crippen LogP contribution in [0.3, 0.4) is 0 Å². The number of ether oxygens (including phenoxy) is 1. The predicted octanol–water partition coefficient (Wildman–Crippen LogP) is 2.24. The highest BCUT2D eigenvalue weighted by Gasteiger charge is 2.01. The molecular weight excluding hydrogens is 190 g/mol. The van der Waals surface area contributed by atoms with Crippen LogP contribution in [0, 0.1) is 0 Å². The largest absolute Gasteiger partial charge is 0.461 e. The molecule has 2 rings (SSSR count). The highest BCUT2D eigenvalue weighted by Crippen LogP contribution is 2.17. The van der Waals surface area contributed by atoms with Crippen molar-refractivity contribution in [2.24, 2.45) is 7.05 Å². The molecule has 2 aromatic rings. The predicted molar refractivity (Wildman–Crippen MR) is 58.4 cm³/mol. The van der Waals surface area contributed by atoms with E-state index >= 15 is 0 Å². The molecule has 0 aliphatic rings. The van der Waals surface area contributed by atoms with Gasteiger partial charge in [-0.3, -0.25) is 4.79 Å². The molecule has 0 saturated heterocycles. The molecule has 0 aliphatic heterocycles. The van der Waals surface area contributed by atoms with Gasteiger partial charge in [0.1, 0.15) is 6.61 Å². The zero-order valence-corrected chi connectivity index (χ0v) is 8.86. The maximum atomic E-state index is 10.7. The Bertz CT molecular complexity index is 499. The summed E-state index contributed by atoms with van der Waals surface area (Å²) in [6.07, 6.45) is 2.01. The van der Waals surface area contributed by atoms with Gasteiger partial charge < -0.3 is 9.30 Å². The molecule has 3 nitrogen and oxygen atoms in total. The van der Waals surface area contributed by atoms with E-state index < -0.39 is 0 Å². The molecule has 0 aliphatic carbocycles. The lowest BCUT2D eigenvalue weighted by Crippen LogP contribution is -1.98. The van der Waals surface area contributed by atoms with E-state index in [4.69, 9.17) is 4.74 Å². The minimum Gasteiger partial charge on any atom is -0.461 e. The lowest BCUT2D eigenvalue weighted by atomic mass is 10.2. The Morgan fingerprint density at radius 1 is 1.40 bits per heavy atom. The average molecular weight is 203 g/mol. The first-order valence-electron chi connectivity index (χ1n) is 4.84. The summed E-state index contributed by atoms with van der Waals surface area (Å²) in [6.45, 7) is 1.76. The molecule has 3 heteroatoms. The molecule has 0 unspecified atom stereocenters. The number of carbonyl (C=O) groups excluding carboxylic acids is 1. The van der Waals surface area contributed by atoms with Crippen LogP contribution in [0.2, 0.25) is 0 Å². The second-order valence-corrected chi connectivity index (χ2v) is 3.60. The fourth-order valence-corrected chi connectivity index (χ4v) is 1.58. The Morgan fingerprint density at radius 2 is 2.20 bits per heavy atom. The molecule has 1 heterocycles. The number of aryl methyl sites for hydroxylation is 1. The first-order valence-corrected chi connectivity index (χ1v) is 4.84. The smallest absolute Gasteiger partial charge is 0.302 e. The molecule has 15 heavy (non-hydrogen) atoms. The highest BCUT2D eigenvalue weighted by atomic mass is 16.5. The van der Waals surface area contributed by atoms with E-state index in [9.17, 15) is 4.79 Å². The van der Waals surface area contributed by atoms with E-state index in [1.54, 1.807) is 0 Å². The first-order chi connectivity index (χ1) is 7.16. The molecule has 0 bridgehead atoms. The summed E-state index contributed by atoms with van der Waals surface area (Å²) in [6, 6.07) is 8.11. The number of nitrogens with zero attached hydrogens (tertiary/aromatic N) is 1. The Morgan fingerprint density at radius 3 is 2.93 bits per heavy atom. The summed E-state index contributed by atoms with van der Waals surface area (Å²) in [5, 5.41) is 1.20. The van der Waals surface area contributed by atoms with Crippen LogP contribution < -0.4 is 0 Å². The van der Waals surface area contributed by atoms with Gasteiger partial charge in [-0.2, -0.15) is 0 Å². The third kappa shape index (κ3) is 2.01. The first kappa shape index (κ1) is 9.77. The summed E-state index contributed by atoms with van der Waals surface area (Å²) in [4.78, 5) is 10.7. The second-order valence-electron chi connectivity index (χ2n) is 3.60. The van der Waals surface area contributed by atoms with E-state index in [1.807, 2.05) is 36.0 Å². The van der Waals surface area contributed by atoms with Crippen LogP contribution in [0.25, 0.3) is 10.9 Å². The number of hydrogen-bond acceptors (Lipinski definition) is 2. The van der Waals surface area contributed by atoms with Gasteiger partial charge in [-0.05, 0) is 23.1 Å². The Kier molecular flexibility index (Phi) is 2.46. The Hall–Kier alpha value is -1.77. The van der Waals surface area contributed by atoms with Crippen LogP contribution in [-0.4, -0.2) is 10.5 Å². The molecular formula is C12H13NO2.